The van der Waals surface area contributed by atoms with E-state index in [1.807, 2.05) is 26.2 Å². The molecular weight excluding hydrogens is 384 g/mol. The van der Waals surface area contributed by atoms with Crippen LogP contribution in [0.2, 0.25) is 0 Å². The van der Waals surface area contributed by atoms with Crippen LogP contribution in [-0.2, 0) is 14.1 Å². The fraction of sp³-hybridized carbons (Fsp3) is 0.350. The highest BCUT2D eigenvalue weighted by Crippen LogP contribution is 2.42. The van der Waals surface area contributed by atoms with Crippen molar-refractivity contribution in [2.45, 2.75) is 25.4 Å². The van der Waals surface area contributed by atoms with Gasteiger partial charge in [-0.25, -0.2) is 9.97 Å². The summed E-state index contributed by atoms with van der Waals surface area (Å²) in [6, 6.07) is 5.47. The van der Waals surface area contributed by atoms with Gasteiger partial charge in [-0.15, -0.1) is 0 Å². The van der Waals surface area contributed by atoms with Gasteiger partial charge in [-0.2, -0.15) is 15.2 Å². The monoisotopic (exact) mass is 406 g/mol. The van der Waals surface area contributed by atoms with Crippen molar-refractivity contribution in [3.63, 3.8) is 0 Å². The van der Waals surface area contributed by atoms with Crippen molar-refractivity contribution in [1.82, 2.24) is 34.5 Å². The van der Waals surface area contributed by atoms with Crippen LogP contribution in [0.4, 0.5) is 11.6 Å². The van der Waals surface area contributed by atoms with Crippen LogP contribution in [0.5, 0.6) is 11.6 Å². The predicted octanol–water partition coefficient (Wildman–Crippen LogP) is 2.84. The Labute approximate surface area is 172 Å². The van der Waals surface area contributed by atoms with E-state index in [1.54, 1.807) is 34.9 Å². The molecule has 0 amide bonds. The zero-order chi connectivity index (χ0) is 20.9. The normalized spacial score (nSPS) is 14.7. The highest BCUT2D eigenvalue weighted by Gasteiger charge is 2.40. The average Bonchev–Trinajstić information content (AvgIpc) is 3.17. The van der Waals surface area contributed by atoms with Crippen molar-refractivity contribution in [3.8, 4) is 23.1 Å². The second-order valence-corrected chi connectivity index (χ2v) is 7.65. The first-order valence-corrected chi connectivity index (χ1v) is 9.64. The Kier molecular flexibility index (Phi) is 4.09. The summed E-state index contributed by atoms with van der Waals surface area (Å²) in [6.45, 7) is 2.12. The number of hydrogen-bond donors (Lipinski definition) is 1. The summed E-state index contributed by atoms with van der Waals surface area (Å²) < 4.78 is 14.9. The van der Waals surface area contributed by atoms with Crippen LogP contribution in [0, 0.1) is 0 Å². The first-order valence-electron chi connectivity index (χ1n) is 9.64. The number of pyridine rings is 1. The third-order valence-electron chi connectivity index (χ3n) is 5.18. The highest BCUT2D eigenvalue weighted by atomic mass is 16.5. The Morgan fingerprint density at radius 2 is 1.97 bits per heavy atom. The number of fused-ring (bicyclic) bond motifs is 1. The van der Waals surface area contributed by atoms with E-state index in [0.717, 1.165) is 35.4 Å². The van der Waals surface area contributed by atoms with Crippen molar-refractivity contribution in [1.29, 1.82) is 0 Å². The predicted molar refractivity (Wildman–Crippen MR) is 111 cm³/mol. The van der Waals surface area contributed by atoms with Gasteiger partial charge in [0, 0.05) is 38.5 Å². The summed E-state index contributed by atoms with van der Waals surface area (Å²) in [7, 11) is 5.28. The molecule has 0 radical (unpaired) electrons. The zero-order valence-electron chi connectivity index (χ0n) is 17.2. The number of rotatable bonds is 6. The molecule has 0 aliphatic heterocycles. The summed E-state index contributed by atoms with van der Waals surface area (Å²) in [5, 5.41) is 13.1. The number of hydrogen-bond acceptors (Lipinski definition) is 8. The summed E-state index contributed by atoms with van der Waals surface area (Å²) >= 11 is 0. The third-order valence-corrected chi connectivity index (χ3v) is 5.18. The Morgan fingerprint density at radius 3 is 2.73 bits per heavy atom. The molecule has 10 nitrogen and oxygen atoms in total. The number of nitrogens with one attached hydrogen (secondary N) is 1. The molecule has 1 fully saturated rings. The van der Waals surface area contributed by atoms with Crippen LogP contribution >= 0.6 is 0 Å². The molecule has 1 saturated carbocycles. The molecule has 0 saturated heterocycles. The van der Waals surface area contributed by atoms with Crippen molar-refractivity contribution >= 4 is 22.7 Å². The SMILES string of the molecule is COc1ccnc(-c2cc(Nc3cc(OC4(C)CC4)c4cnn(C)c4n3)n(C)n2)n1. The van der Waals surface area contributed by atoms with Gasteiger partial charge in [-0.1, -0.05) is 0 Å². The highest BCUT2D eigenvalue weighted by molar-refractivity contribution is 5.84. The van der Waals surface area contributed by atoms with Gasteiger partial charge in [-0.05, 0) is 19.8 Å². The maximum atomic E-state index is 6.26. The smallest absolute Gasteiger partial charge is 0.216 e. The number of anilines is 2. The minimum absolute atomic E-state index is 0.106. The molecule has 0 aromatic carbocycles. The lowest BCUT2D eigenvalue weighted by Crippen LogP contribution is -2.13. The number of nitrogens with zero attached hydrogens (tertiary/aromatic N) is 7. The fourth-order valence-corrected chi connectivity index (χ4v) is 3.18. The standard InChI is InChI=1S/C20H22N8O2/c1-20(6-7-20)30-14-10-15(24-19-12(14)11-22-28(19)3)23-16-9-13(26-27(16)2)18-21-8-5-17(25-18)29-4/h5,8-11H,6-7H2,1-4H3,(H,23,24). The van der Waals surface area contributed by atoms with Crippen LogP contribution < -0.4 is 14.8 Å². The fourth-order valence-electron chi connectivity index (χ4n) is 3.18. The van der Waals surface area contributed by atoms with Crippen LogP contribution in [0.3, 0.4) is 0 Å². The molecule has 0 unspecified atom stereocenters. The molecule has 0 spiro atoms. The van der Waals surface area contributed by atoms with Gasteiger partial charge >= 0.3 is 0 Å². The van der Waals surface area contributed by atoms with E-state index in [9.17, 15) is 0 Å². The van der Waals surface area contributed by atoms with Gasteiger partial charge in [0.05, 0.1) is 18.7 Å². The van der Waals surface area contributed by atoms with E-state index in [1.165, 1.54) is 0 Å². The number of methoxy groups -OCH3 is 1. The Bertz CT molecular complexity index is 1240. The van der Waals surface area contributed by atoms with E-state index in [4.69, 9.17) is 14.5 Å². The minimum Gasteiger partial charge on any atom is -0.487 e. The number of aromatic nitrogens is 7. The zero-order valence-corrected chi connectivity index (χ0v) is 17.2. The number of aryl methyl sites for hydroxylation is 2. The molecule has 10 heteroatoms. The molecule has 4 aromatic heterocycles. The summed E-state index contributed by atoms with van der Waals surface area (Å²) in [5.74, 6) is 3.13. The van der Waals surface area contributed by atoms with Gasteiger partial charge < -0.3 is 14.8 Å². The third kappa shape index (κ3) is 3.30. The van der Waals surface area contributed by atoms with Crippen LogP contribution in [0.15, 0.2) is 30.6 Å². The van der Waals surface area contributed by atoms with Gasteiger partial charge in [0.25, 0.3) is 0 Å². The lowest BCUT2D eigenvalue weighted by atomic mass is 10.3. The summed E-state index contributed by atoms with van der Waals surface area (Å²) in [4.78, 5) is 13.3. The number of ether oxygens (including phenoxy) is 2. The second-order valence-electron chi connectivity index (χ2n) is 7.65. The molecular formula is C20H22N8O2. The quantitative estimate of drug-likeness (QED) is 0.521. The molecule has 5 rings (SSSR count). The second kappa shape index (κ2) is 6.68. The van der Waals surface area contributed by atoms with Crippen molar-refractivity contribution in [3.05, 3.63) is 30.6 Å². The Balaban J connectivity index is 1.49. The maximum absolute atomic E-state index is 6.26. The first kappa shape index (κ1) is 18.3. The van der Waals surface area contributed by atoms with Crippen molar-refractivity contribution in [2.75, 3.05) is 12.4 Å². The maximum Gasteiger partial charge on any atom is 0.216 e. The van der Waals surface area contributed by atoms with Crippen LogP contribution in [0.25, 0.3) is 22.6 Å². The molecule has 1 aliphatic rings. The van der Waals surface area contributed by atoms with Crippen molar-refractivity contribution < 1.29 is 9.47 Å². The van der Waals surface area contributed by atoms with Gasteiger partial charge in [0.15, 0.2) is 11.5 Å². The van der Waals surface area contributed by atoms with Gasteiger partial charge in [0.1, 0.15) is 28.7 Å². The Morgan fingerprint density at radius 1 is 1.13 bits per heavy atom. The van der Waals surface area contributed by atoms with Crippen LogP contribution in [0.1, 0.15) is 19.8 Å². The Hall–Kier alpha value is -3.69. The minimum atomic E-state index is -0.106. The molecule has 0 bridgehead atoms. The first-order chi connectivity index (χ1) is 14.4. The molecule has 4 heterocycles. The lowest BCUT2D eigenvalue weighted by molar-refractivity contribution is 0.203. The molecule has 4 aromatic rings. The van der Waals surface area contributed by atoms with E-state index in [2.05, 4.69) is 32.4 Å². The van der Waals surface area contributed by atoms with E-state index >= 15 is 0 Å². The van der Waals surface area contributed by atoms with Crippen molar-refractivity contribution in [2.24, 2.45) is 14.1 Å². The summed E-state index contributed by atoms with van der Waals surface area (Å²) in [5.41, 5.74) is 1.27. The molecule has 1 aliphatic carbocycles. The lowest BCUT2D eigenvalue weighted by Gasteiger charge is -2.15. The molecule has 30 heavy (non-hydrogen) atoms. The molecule has 1 N–H and O–H groups in total. The van der Waals surface area contributed by atoms with E-state index in [-0.39, 0.29) is 5.60 Å². The van der Waals surface area contributed by atoms with E-state index < -0.39 is 0 Å². The van der Waals surface area contributed by atoms with E-state index in [0.29, 0.717) is 23.2 Å². The molecule has 154 valence electrons. The average molecular weight is 406 g/mol. The summed E-state index contributed by atoms with van der Waals surface area (Å²) in [6.07, 6.45) is 5.52. The van der Waals surface area contributed by atoms with Gasteiger partial charge in [0.2, 0.25) is 5.88 Å². The van der Waals surface area contributed by atoms with Gasteiger partial charge in [-0.3, -0.25) is 9.36 Å². The topological polar surface area (TPSA) is 105 Å². The van der Waals surface area contributed by atoms with Crippen LogP contribution in [-0.4, -0.2) is 47.2 Å². The molecule has 0 atom stereocenters. The largest absolute Gasteiger partial charge is 0.487 e.